The third-order valence-electron chi connectivity index (χ3n) is 3.34. The van der Waals surface area contributed by atoms with Crippen LogP contribution in [0.2, 0.25) is 0 Å². The SMILES string of the molecule is CCNC(=NCc1ccc(Br)s1)N1CCC(COC)C1. The first-order valence-electron chi connectivity index (χ1n) is 6.99. The molecule has 1 saturated heterocycles. The Morgan fingerprint density at radius 2 is 2.45 bits per heavy atom. The third-order valence-corrected chi connectivity index (χ3v) is 4.94. The number of thiophene rings is 1. The van der Waals surface area contributed by atoms with Gasteiger partial charge in [-0.3, -0.25) is 0 Å². The minimum absolute atomic E-state index is 0.625. The van der Waals surface area contributed by atoms with Crippen molar-refractivity contribution in [3.8, 4) is 0 Å². The first-order valence-corrected chi connectivity index (χ1v) is 8.60. The fraction of sp³-hybridized carbons (Fsp3) is 0.643. The monoisotopic (exact) mass is 359 g/mol. The molecular formula is C14H22BrN3OS. The van der Waals surface area contributed by atoms with Crippen LogP contribution in [0.25, 0.3) is 0 Å². The first kappa shape index (κ1) is 15.8. The highest BCUT2D eigenvalue weighted by Crippen LogP contribution is 2.23. The van der Waals surface area contributed by atoms with Crippen LogP contribution in [-0.4, -0.2) is 44.2 Å². The summed E-state index contributed by atoms with van der Waals surface area (Å²) in [4.78, 5) is 8.37. The van der Waals surface area contributed by atoms with Gasteiger partial charge in [-0.1, -0.05) is 0 Å². The van der Waals surface area contributed by atoms with Crippen molar-refractivity contribution in [2.45, 2.75) is 19.9 Å². The fourth-order valence-corrected chi connectivity index (χ4v) is 3.82. The van der Waals surface area contributed by atoms with Crippen LogP contribution < -0.4 is 5.32 Å². The van der Waals surface area contributed by atoms with Gasteiger partial charge in [-0.05, 0) is 41.4 Å². The lowest BCUT2D eigenvalue weighted by Gasteiger charge is -2.21. The maximum Gasteiger partial charge on any atom is 0.194 e. The van der Waals surface area contributed by atoms with E-state index in [9.17, 15) is 0 Å². The molecule has 0 aromatic carbocycles. The van der Waals surface area contributed by atoms with Crippen molar-refractivity contribution >= 4 is 33.2 Å². The van der Waals surface area contributed by atoms with Crippen LogP contribution in [0, 0.1) is 5.92 Å². The molecule has 2 heterocycles. The van der Waals surface area contributed by atoms with Crippen LogP contribution in [0.5, 0.6) is 0 Å². The minimum Gasteiger partial charge on any atom is -0.384 e. The Bertz CT molecular complexity index is 449. The first-order chi connectivity index (χ1) is 9.72. The van der Waals surface area contributed by atoms with E-state index in [4.69, 9.17) is 9.73 Å². The van der Waals surface area contributed by atoms with Gasteiger partial charge in [0.05, 0.1) is 16.9 Å². The number of rotatable bonds is 5. The van der Waals surface area contributed by atoms with Gasteiger partial charge in [0.15, 0.2) is 5.96 Å². The van der Waals surface area contributed by atoms with Crippen LogP contribution in [0.15, 0.2) is 20.9 Å². The number of aliphatic imine (C=N–C) groups is 1. The van der Waals surface area contributed by atoms with Gasteiger partial charge in [-0.2, -0.15) is 0 Å². The second-order valence-corrected chi connectivity index (χ2v) is 7.48. The van der Waals surface area contributed by atoms with Gasteiger partial charge in [0, 0.05) is 37.5 Å². The number of ether oxygens (including phenoxy) is 1. The van der Waals surface area contributed by atoms with Gasteiger partial charge in [0.25, 0.3) is 0 Å². The summed E-state index contributed by atoms with van der Waals surface area (Å²) >= 11 is 5.23. The lowest BCUT2D eigenvalue weighted by molar-refractivity contribution is 0.157. The third kappa shape index (κ3) is 4.46. The summed E-state index contributed by atoms with van der Waals surface area (Å²) in [5.74, 6) is 1.65. The highest BCUT2D eigenvalue weighted by atomic mass is 79.9. The molecular weight excluding hydrogens is 338 g/mol. The second-order valence-electron chi connectivity index (χ2n) is 4.93. The molecule has 1 fully saturated rings. The van der Waals surface area contributed by atoms with Gasteiger partial charge in [-0.15, -0.1) is 11.3 Å². The van der Waals surface area contributed by atoms with Crippen LogP contribution in [0.3, 0.4) is 0 Å². The number of hydrogen-bond donors (Lipinski definition) is 1. The number of hydrogen-bond acceptors (Lipinski definition) is 3. The van der Waals surface area contributed by atoms with Gasteiger partial charge in [0.2, 0.25) is 0 Å². The zero-order valence-corrected chi connectivity index (χ0v) is 14.5. The largest absolute Gasteiger partial charge is 0.384 e. The number of methoxy groups -OCH3 is 1. The van der Waals surface area contributed by atoms with Crippen LogP contribution >= 0.6 is 27.3 Å². The van der Waals surface area contributed by atoms with Gasteiger partial charge >= 0.3 is 0 Å². The molecule has 6 heteroatoms. The van der Waals surface area contributed by atoms with Crippen LogP contribution in [0.4, 0.5) is 0 Å². The summed E-state index contributed by atoms with van der Waals surface area (Å²) in [7, 11) is 1.77. The topological polar surface area (TPSA) is 36.9 Å². The molecule has 112 valence electrons. The standard InChI is InChI=1S/C14H22BrN3OS/c1-3-16-14(17-8-12-4-5-13(15)20-12)18-7-6-11(9-18)10-19-2/h4-5,11H,3,6-10H2,1-2H3,(H,16,17). The van der Waals surface area contributed by atoms with Crippen molar-refractivity contribution < 1.29 is 4.74 Å². The Hall–Kier alpha value is -0.590. The molecule has 0 aliphatic carbocycles. The van der Waals surface area contributed by atoms with E-state index in [0.29, 0.717) is 5.92 Å². The number of guanidine groups is 1. The zero-order chi connectivity index (χ0) is 14.4. The van der Waals surface area contributed by atoms with E-state index in [2.05, 4.69) is 45.2 Å². The molecule has 0 spiro atoms. The molecule has 4 nitrogen and oxygen atoms in total. The minimum atomic E-state index is 0.625. The maximum absolute atomic E-state index is 5.26. The van der Waals surface area contributed by atoms with Crippen molar-refractivity contribution in [3.63, 3.8) is 0 Å². The predicted octanol–water partition coefficient (Wildman–Crippen LogP) is 2.94. The molecule has 0 radical (unpaired) electrons. The summed E-state index contributed by atoms with van der Waals surface area (Å²) in [5, 5.41) is 3.39. The predicted molar refractivity (Wildman–Crippen MR) is 88.4 cm³/mol. The van der Waals surface area contributed by atoms with E-state index < -0.39 is 0 Å². The summed E-state index contributed by atoms with van der Waals surface area (Å²) in [6.07, 6.45) is 1.18. The Balaban J connectivity index is 1.96. The van der Waals surface area contributed by atoms with E-state index in [1.54, 1.807) is 18.4 Å². The molecule has 0 saturated carbocycles. The Kier molecular flexibility index (Phi) is 6.32. The van der Waals surface area contributed by atoms with Gasteiger partial charge in [0.1, 0.15) is 0 Å². The Morgan fingerprint density at radius 1 is 1.60 bits per heavy atom. The van der Waals surface area contributed by atoms with Gasteiger partial charge in [-0.25, -0.2) is 4.99 Å². The normalized spacial score (nSPS) is 19.6. The van der Waals surface area contributed by atoms with Crippen LogP contribution in [0.1, 0.15) is 18.2 Å². The van der Waals surface area contributed by atoms with Crippen molar-refractivity contribution in [3.05, 3.63) is 20.8 Å². The molecule has 1 N–H and O–H groups in total. The molecule has 1 aliphatic heterocycles. The molecule has 20 heavy (non-hydrogen) atoms. The lowest BCUT2D eigenvalue weighted by Crippen LogP contribution is -2.40. The van der Waals surface area contributed by atoms with E-state index in [0.717, 1.165) is 42.5 Å². The quantitative estimate of drug-likeness (QED) is 0.648. The van der Waals surface area contributed by atoms with Gasteiger partial charge < -0.3 is 15.0 Å². The summed E-state index contributed by atoms with van der Waals surface area (Å²) in [5.41, 5.74) is 0. The number of nitrogens with zero attached hydrogens (tertiary/aromatic N) is 2. The van der Waals surface area contributed by atoms with E-state index >= 15 is 0 Å². The molecule has 0 bridgehead atoms. The fourth-order valence-electron chi connectivity index (χ4n) is 2.41. The average Bonchev–Trinajstić information content (AvgIpc) is 3.04. The lowest BCUT2D eigenvalue weighted by atomic mass is 10.1. The molecule has 1 aromatic rings. The van der Waals surface area contributed by atoms with E-state index in [-0.39, 0.29) is 0 Å². The summed E-state index contributed by atoms with van der Waals surface area (Å²) in [6.45, 7) is 6.69. The highest BCUT2D eigenvalue weighted by molar-refractivity contribution is 9.11. The van der Waals surface area contributed by atoms with Crippen LogP contribution in [-0.2, 0) is 11.3 Å². The van der Waals surface area contributed by atoms with Crippen molar-refractivity contribution in [1.29, 1.82) is 0 Å². The molecule has 1 unspecified atom stereocenters. The Morgan fingerprint density at radius 3 is 3.10 bits per heavy atom. The number of likely N-dealkylation sites (tertiary alicyclic amines) is 1. The smallest absolute Gasteiger partial charge is 0.194 e. The molecule has 1 aliphatic rings. The second kappa shape index (κ2) is 8.00. The maximum atomic E-state index is 5.26. The molecule has 0 amide bonds. The number of nitrogens with one attached hydrogen (secondary N) is 1. The van der Waals surface area contributed by atoms with E-state index in [1.165, 1.54) is 11.3 Å². The van der Waals surface area contributed by atoms with Crippen molar-refractivity contribution in [1.82, 2.24) is 10.2 Å². The summed E-state index contributed by atoms with van der Waals surface area (Å²) in [6, 6.07) is 4.20. The number of halogens is 1. The average molecular weight is 360 g/mol. The molecule has 1 atom stereocenters. The Labute approximate surface area is 133 Å². The molecule has 2 rings (SSSR count). The molecule has 1 aromatic heterocycles. The highest BCUT2D eigenvalue weighted by Gasteiger charge is 2.24. The van der Waals surface area contributed by atoms with E-state index in [1.807, 2.05) is 0 Å². The van der Waals surface area contributed by atoms with Crippen molar-refractivity contribution in [2.24, 2.45) is 10.9 Å². The summed E-state index contributed by atoms with van der Waals surface area (Å²) < 4.78 is 6.42. The zero-order valence-electron chi connectivity index (χ0n) is 12.1. The van der Waals surface area contributed by atoms with Crippen molar-refractivity contribution in [2.75, 3.05) is 33.4 Å².